The molecule has 0 aromatic rings. The zero-order valence-electron chi connectivity index (χ0n) is 15.7. The molecule has 0 saturated heterocycles. The average Bonchev–Trinajstić information content (AvgIpc) is 2.51. The van der Waals surface area contributed by atoms with E-state index in [0.29, 0.717) is 0 Å². The van der Waals surface area contributed by atoms with Crippen LogP contribution in [0, 0.1) is 0 Å². The molecule has 0 rings (SSSR count). The number of halogens is 9. The van der Waals surface area contributed by atoms with Crippen LogP contribution in [-0.4, -0.2) is 58.6 Å². The van der Waals surface area contributed by atoms with Crippen molar-refractivity contribution in [3.05, 3.63) is 35.5 Å². The Bertz CT molecular complexity index is 686. The van der Waals surface area contributed by atoms with Crippen molar-refractivity contribution in [3.63, 3.8) is 0 Å². The molecule has 0 N–H and O–H groups in total. The molecule has 6 nitrogen and oxygen atoms in total. The van der Waals surface area contributed by atoms with Gasteiger partial charge in [0, 0.05) is 0 Å². The molecule has 0 aliphatic heterocycles. The summed E-state index contributed by atoms with van der Waals surface area (Å²) in [7, 11) is 0. The quantitative estimate of drug-likeness (QED) is 0.234. The minimum atomic E-state index is -5.29. The summed E-state index contributed by atoms with van der Waals surface area (Å²) in [5.74, 6) is -9.49. The molecule has 0 radical (unpaired) electrons. The van der Waals surface area contributed by atoms with Crippen LogP contribution >= 0.6 is 0 Å². The van der Waals surface area contributed by atoms with E-state index in [9.17, 15) is 53.9 Å². The second-order valence-corrected chi connectivity index (χ2v) is 9.16. The zero-order valence-corrected chi connectivity index (χ0v) is 19.0. The fourth-order valence-corrected chi connectivity index (χ4v) is 5.02. The Labute approximate surface area is 177 Å². The molecule has 0 aromatic heterocycles. The van der Waals surface area contributed by atoms with Gasteiger partial charge in [-0.3, -0.25) is 0 Å². The van der Waals surface area contributed by atoms with E-state index < -0.39 is 75.9 Å². The average molecular weight is 574 g/mol. The molecule has 0 aliphatic rings. The van der Waals surface area contributed by atoms with Gasteiger partial charge in [-0.25, -0.2) is 0 Å². The van der Waals surface area contributed by atoms with Gasteiger partial charge in [0.1, 0.15) is 0 Å². The number of hydrogen-bond acceptors (Lipinski definition) is 6. The van der Waals surface area contributed by atoms with Crippen molar-refractivity contribution in [1.29, 1.82) is 0 Å². The maximum atomic E-state index is 12.3. The molecule has 0 atom stereocenters. The Balaban J connectivity index is 5.72. The van der Waals surface area contributed by atoms with Crippen LogP contribution in [0.3, 0.4) is 0 Å². The Hall–Kier alpha value is -2.13. The van der Waals surface area contributed by atoms with Gasteiger partial charge >= 0.3 is 177 Å². The fraction of sp³-hybridized carbons (Fsp3) is 0.400. The first-order valence-corrected chi connectivity index (χ1v) is 11.7. The van der Waals surface area contributed by atoms with Gasteiger partial charge in [-0.05, 0) is 0 Å². The van der Waals surface area contributed by atoms with Gasteiger partial charge in [-0.2, -0.15) is 0 Å². The van der Waals surface area contributed by atoms with Gasteiger partial charge in [0.25, 0.3) is 0 Å². The summed E-state index contributed by atoms with van der Waals surface area (Å²) in [4.78, 5) is 32.7. The van der Waals surface area contributed by atoms with Crippen molar-refractivity contribution in [1.82, 2.24) is 0 Å². The van der Waals surface area contributed by atoms with Crippen LogP contribution in [0.4, 0.5) is 39.5 Å². The minimum absolute atomic E-state index is 0.0591. The molecule has 0 heterocycles. The van der Waals surface area contributed by atoms with Gasteiger partial charge in [0.2, 0.25) is 0 Å². The van der Waals surface area contributed by atoms with Crippen molar-refractivity contribution in [2.75, 3.05) is 0 Å². The monoisotopic (exact) mass is 574 g/mol. The number of carbonyl (C=O) groups is 3. The summed E-state index contributed by atoms with van der Waals surface area (Å²) < 4.78 is 125. The Morgan fingerprint density at radius 1 is 0.548 bits per heavy atom. The van der Waals surface area contributed by atoms with Crippen molar-refractivity contribution in [3.8, 4) is 0 Å². The van der Waals surface area contributed by atoms with E-state index in [2.05, 4.69) is 0 Å². The number of allylic oxidation sites excluding steroid dienone is 6. The Kier molecular flexibility index (Phi) is 10.2. The molecule has 0 aromatic carbocycles. The van der Waals surface area contributed by atoms with Crippen molar-refractivity contribution < 1.29 is 62.5 Å². The van der Waals surface area contributed by atoms with Crippen LogP contribution in [0.1, 0.15) is 20.8 Å². The summed E-state index contributed by atoms with van der Waals surface area (Å²) in [5, 5.41) is 0. The van der Waals surface area contributed by atoms with Crippen LogP contribution in [0.2, 0.25) is 0 Å². The van der Waals surface area contributed by atoms with E-state index >= 15 is 0 Å². The molecule has 16 heteroatoms. The van der Waals surface area contributed by atoms with Gasteiger partial charge in [0.05, 0.1) is 0 Å². The predicted octanol–water partition coefficient (Wildman–Crippen LogP) is 4.13. The van der Waals surface area contributed by atoms with Crippen LogP contribution in [0.25, 0.3) is 0 Å². The molecular weight excluding hydrogens is 562 g/mol. The second-order valence-electron chi connectivity index (χ2n) is 5.49. The van der Waals surface area contributed by atoms with Crippen LogP contribution in [0.5, 0.6) is 0 Å². The summed E-state index contributed by atoms with van der Waals surface area (Å²) in [6, 6.07) is 0. The van der Waals surface area contributed by atoms with Crippen LogP contribution in [-0.2, 0) is 22.9 Å². The van der Waals surface area contributed by atoms with E-state index in [1.807, 2.05) is 0 Å². The third-order valence-electron chi connectivity index (χ3n) is 2.69. The standard InChI is InChI=1S/3C5H5F3O2.In/c3*1-3(9)2-4(10)5(6,7)8;/h3*2,9H,1H3;/q;;;+3/p-3/b3*3-2+;. The number of ketones is 3. The molecule has 0 spiro atoms. The number of rotatable bonds is 9. The van der Waals surface area contributed by atoms with E-state index in [0.717, 1.165) is 20.8 Å². The summed E-state index contributed by atoms with van der Waals surface area (Å²) >= 11 is -4.84. The van der Waals surface area contributed by atoms with Crippen LogP contribution in [0.15, 0.2) is 35.5 Å². The van der Waals surface area contributed by atoms with Crippen molar-refractivity contribution >= 4 is 40.1 Å². The Morgan fingerprint density at radius 3 is 0.903 bits per heavy atom. The number of hydrogen-bond donors (Lipinski definition) is 0. The second kappa shape index (κ2) is 10.9. The molecule has 174 valence electrons. The first-order valence-electron chi connectivity index (χ1n) is 7.61. The molecule has 0 amide bonds. The SMILES string of the molecule is C/C(=C\C(=O)C(F)(F)F)[O][In]([O]/C(C)=C/C(=O)C(F)(F)F)[O]/C(C)=C/C(=O)C(F)(F)F. The number of carbonyl (C=O) groups excluding carboxylic acids is 3. The molecule has 0 unspecified atom stereocenters. The van der Waals surface area contributed by atoms with E-state index in [-0.39, 0.29) is 18.2 Å². The Morgan fingerprint density at radius 2 is 0.742 bits per heavy atom. The van der Waals surface area contributed by atoms with Crippen molar-refractivity contribution in [2.24, 2.45) is 0 Å². The maximum absolute atomic E-state index is 12.3. The van der Waals surface area contributed by atoms with Gasteiger partial charge in [0.15, 0.2) is 0 Å². The molecular formula is C15H12F9InO6. The van der Waals surface area contributed by atoms with Gasteiger partial charge in [-0.1, -0.05) is 0 Å². The topological polar surface area (TPSA) is 78.9 Å². The summed E-state index contributed by atoms with van der Waals surface area (Å²) in [6.07, 6.45) is -16.0. The molecule has 0 aliphatic carbocycles. The van der Waals surface area contributed by atoms with E-state index in [1.54, 1.807) is 0 Å². The third-order valence-corrected chi connectivity index (χ3v) is 7.52. The normalized spacial score (nSPS) is 14.1. The van der Waals surface area contributed by atoms with Crippen LogP contribution < -0.4 is 0 Å². The van der Waals surface area contributed by atoms with E-state index in [1.165, 1.54) is 0 Å². The molecule has 31 heavy (non-hydrogen) atoms. The van der Waals surface area contributed by atoms with Gasteiger partial charge in [-0.15, -0.1) is 0 Å². The summed E-state index contributed by atoms with van der Waals surface area (Å²) in [6.45, 7) is 2.42. The van der Waals surface area contributed by atoms with Crippen molar-refractivity contribution in [2.45, 2.75) is 39.3 Å². The molecule has 0 fully saturated rings. The van der Waals surface area contributed by atoms with Gasteiger partial charge < -0.3 is 0 Å². The third kappa shape index (κ3) is 11.7. The first-order chi connectivity index (χ1) is 13.7. The first kappa shape index (κ1) is 28.9. The molecule has 0 bridgehead atoms. The van der Waals surface area contributed by atoms with E-state index in [4.69, 9.17) is 8.56 Å². The summed E-state index contributed by atoms with van der Waals surface area (Å²) in [5.41, 5.74) is 0. The fourth-order valence-electron chi connectivity index (χ4n) is 1.43. The predicted molar refractivity (Wildman–Crippen MR) is 83.5 cm³/mol. The molecule has 0 saturated carbocycles. The zero-order chi connectivity index (χ0) is 24.8. The number of alkyl halides is 9.